The molecule has 0 aromatic carbocycles. The summed E-state index contributed by atoms with van der Waals surface area (Å²) in [5.74, 6) is -1.92. The summed E-state index contributed by atoms with van der Waals surface area (Å²) in [7, 11) is 0. The summed E-state index contributed by atoms with van der Waals surface area (Å²) in [6, 6.07) is 0. The number of aliphatic carboxylic acids is 2. The van der Waals surface area contributed by atoms with Gasteiger partial charge in [0, 0.05) is 0 Å². The second-order valence-electron chi connectivity index (χ2n) is 1.74. The van der Waals surface area contributed by atoms with Gasteiger partial charge >= 0.3 is 126 Å². The predicted octanol–water partition coefficient (Wildman–Crippen LogP) is -7.90. The molecular formula is C6H20CaGe2O10. The third kappa shape index (κ3) is 111. The molecule has 19 heavy (non-hydrogen) atoms. The first-order valence-electron chi connectivity index (χ1n) is 3.23. The van der Waals surface area contributed by atoms with E-state index in [0.717, 1.165) is 0 Å². The van der Waals surface area contributed by atoms with Gasteiger partial charge in [0.2, 0.25) is 0 Å². The molecule has 0 aromatic heterocycles. The first-order chi connectivity index (χ1) is 5.54. The monoisotopic (exact) mass is 440 g/mol. The molecular weight excluding hydrogens is 417 g/mol. The fourth-order valence-corrected chi connectivity index (χ4v) is 1.06. The number of rotatable bonds is 4. The van der Waals surface area contributed by atoms with E-state index >= 15 is 0 Å². The molecule has 0 amide bonds. The van der Waals surface area contributed by atoms with Crippen molar-refractivity contribution >= 4 is 82.7 Å². The van der Waals surface area contributed by atoms with Gasteiger partial charge in [-0.2, -0.15) is 0 Å². The summed E-state index contributed by atoms with van der Waals surface area (Å²) < 4.78 is 0. The van der Waals surface area contributed by atoms with E-state index in [0.29, 0.717) is 10.5 Å². The Kier molecular flexibility index (Phi) is 159. The largest absolute Gasteiger partial charge is 2.00 e. The molecule has 0 aromatic rings. The van der Waals surface area contributed by atoms with Gasteiger partial charge in [-0.25, -0.2) is 0 Å². The fourth-order valence-electron chi connectivity index (χ4n) is 0.204. The fraction of sp³-hybridized carbons (Fsp3) is 0.667. The van der Waals surface area contributed by atoms with Gasteiger partial charge in [0.1, 0.15) is 0 Å². The van der Waals surface area contributed by atoms with Gasteiger partial charge < -0.3 is 32.9 Å². The molecule has 0 fully saturated rings. The van der Waals surface area contributed by atoms with E-state index in [-0.39, 0.29) is 83.4 Å². The maximum Gasteiger partial charge on any atom is 2.00 e. The van der Waals surface area contributed by atoms with Gasteiger partial charge in [0.05, 0.1) is 0 Å². The van der Waals surface area contributed by atoms with E-state index in [2.05, 4.69) is 0 Å². The van der Waals surface area contributed by atoms with Crippen molar-refractivity contribution in [2.75, 3.05) is 0 Å². The van der Waals surface area contributed by atoms with Crippen molar-refractivity contribution in [1.29, 1.82) is 0 Å². The molecule has 0 atom stereocenters. The van der Waals surface area contributed by atoms with E-state index < -0.39 is 11.9 Å². The van der Waals surface area contributed by atoms with Gasteiger partial charge in [-0.15, -0.1) is 0 Å². The van der Waals surface area contributed by atoms with Crippen LogP contribution in [-0.4, -0.2) is 116 Å². The summed E-state index contributed by atoms with van der Waals surface area (Å²) in [5, 5.41) is 20.3. The standard InChI is InChI=1S/2C3H5GeO2.Ca.6H2O/c2*4-2-1-3(5)6;;;;;;;/h2*1-2H2,(H,5,6);;6*1H2/q;;+2;;;;;;/p-2. The maximum absolute atomic E-state index is 9.49. The van der Waals surface area contributed by atoms with Gasteiger partial charge in [-0.1, -0.05) is 0 Å². The molecule has 0 aliphatic carbocycles. The molecule has 12 N–H and O–H groups in total. The second kappa shape index (κ2) is 50.8. The Bertz CT molecular complexity index is 134. The molecule has 13 heteroatoms. The Morgan fingerprint density at radius 1 is 0.684 bits per heavy atom. The Labute approximate surface area is 157 Å². The van der Waals surface area contributed by atoms with Gasteiger partial charge in [-0.05, 0) is 0 Å². The van der Waals surface area contributed by atoms with Crippen LogP contribution in [0.3, 0.4) is 0 Å². The first-order valence-corrected chi connectivity index (χ1v) is 6.20. The summed E-state index contributed by atoms with van der Waals surface area (Å²) in [5.41, 5.74) is 0. The first kappa shape index (κ1) is 59.6. The molecule has 0 spiro atoms. The molecule has 0 rings (SSSR count). The molecule has 6 radical (unpaired) electrons. The maximum atomic E-state index is 9.49. The molecule has 0 saturated heterocycles. The zero-order chi connectivity index (χ0) is 9.98. The van der Waals surface area contributed by atoms with Crippen LogP contribution in [-0.2, 0) is 9.59 Å². The average molecular weight is 438 g/mol. The van der Waals surface area contributed by atoms with Crippen molar-refractivity contribution in [2.24, 2.45) is 0 Å². The van der Waals surface area contributed by atoms with Gasteiger partial charge in [0.25, 0.3) is 0 Å². The number of carbonyl (C=O) groups excluding carboxylic acids is 2. The van der Waals surface area contributed by atoms with Crippen LogP contribution in [0.15, 0.2) is 0 Å². The Morgan fingerprint density at radius 3 is 0.842 bits per heavy atom. The van der Waals surface area contributed by atoms with Crippen LogP contribution in [0.1, 0.15) is 12.8 Å². The Morgan fingerprint density at radius 2 is 0.842 bits per heavy atom. The predicted molar refractivity (Wildman–Crippen MR) is 67.8 cm³/mol. The van der Waals surface area contributed by atoms with Crippen molar-refractivity contribution < 1.29 is 52.7 Å². The van der Waals surface area contributed by atoms with Crippen molar-refractivity contribution in [2.45, 2.75) is 23.3 Å². The van der Waals surface area contributed by atoms with Crippen LogP contribution >= 0.6 is 0 Å². The third-order valence-electron chi connectivity index (χ3n) is 0.658. The van der Waals surface area contributed by atoms with Crippen molar-refractivity contribution in [3.8, 4) is 0 Å². The summed E-state index contributed by atoms with van der Waals surface area (Å²) in [6.45, 7) is 0. The smallest absolute Gasteiger partial charge is 2.00 e. The average Bonchev–Trinajstić information content (AvgIpc) is 1.87. The Balaban J connectivity index is -0.0000000110. The van der Waals surface area contributed by atoms with Crippen molar-refractivity contribution in [3.63, 3.8) is 0 Å². The number of carboxylic acids is 2. The molecule has 0 bridgehead atoms. The van der Waals surface area contributed by atoms with E-state index in [4.69, 9.17) is 0 Å². The Hall–Kier alpha value is 1.05. The molecule has 0 aliphatic heterocycles. The number of carboxylic acid groups (broad SMARTS) is 2. The van der Waals surface area contributed by atoms with Crippen LogP contribution < -0.4 is 10.2 Å². The van der Waals surface area contributed by atoms with E-state index in [9.17, 15) is 19.8 Å². The second-order valence-corrected chi connectivity index (χ2v) is 3.84. The number of hydrogen-bond acceptors (Lipinski definition) is 4. The van der Waals surface area contributed by atoms with Crippen LogP contribution in [0.25, 0.3) is 0 Å². The minimum Gasteiger partial charge on any atom is 2.00 e. The van der Waals surface area contributed by atoms with Crippen LogP contribution in [0.2, 0.25) is 10.5 Å². The molecule has 114 valence electrons. The van der Waals surface area contributed by atoms with Crippen molar-refractivity contribution in [1.82, 2.24) is 0 Å². The zero-order valence-electron chi connectivity index (χ0n) is 10.2. The summed E-state index contributed by atoms with van der Waals surface area (Å²) >= 11 is 3.60. The van der Waals surface area contributed by atoms with Gasteiger partial charge in [0.15, 0.2) is 0 Å². The summed E-state index contributed by atoms with van der Waals surface area (Å²) in [6.07, 6.45) is 0.361. The van der Waals surface area contributed by atoms with Crippen LogP contribution in [0.5, 0.6) is 0 Å². The van der Waals surface area contributed by atoms with Gasteiger partial charge in [-0.3, -0.25) is 0 Å². The van der Waals surface area contributed by atoms with E-state index in [1.165, 1.54) is 0 Å². The third-order valence-corrected chi connectivity index (χ3v) is 1.71. The quantitative estimate of drug-likeness (QED) is 0.387. The molecule has 10 nitrogen and oxygen atoms in total. The van der Waals surface area contributed by atoms with Crippen LogP contribution in [0, 0.1) is 0 Å². The number of carbonyl (C=O) groups is 2. The number of hydrogen-bond donors (Lipinski definition) is 0. The minimum atomic E-state index is -0.961. The molecule has 0 aliphatic rings. The topological polar surface area (TPSA) is 269 Å². The van der Waals surface area contributed by atoms with E-state index in [1.54, 1.807) is 33.0 Å². The van der Waals surface area contributed by atoms with Crippen molar-refractivity contribution in [3.05, 3.63) is 0 Å². The normalized spacial score (nSPS) is 5.16. The molecule has 0 saturated carbocycles. The molecule has 0 heterocycles. The SMILES string of the molecule is O.O.O.O.O.O.O=C([O-])C[CH2][Ge].O=C([O-])C[CH2][Ge].[Ca+2]. The minimum absolute atomic E-state index is 0. The van der Waals surface area contributed by atoms with E-state index in [1.807, 2.05) is 0 Å². The van der Waals surface area contributed by atoms with Crippen LogP contribution in [0.4, 0.5) is 0 Å². The summed E-state index contributed by atoms with van der Waals surface area (Å²) in [4.78, 5) is 19.0. The molecule has 0 unspecified atom stereocenters. The zero-order valence-corrected chi connectivity index (χ0v) is 16.6.